The molecule has 4 nitrogen and oxygen atoms in total. The van der Waals surface area contributed by atoms with E-state index in [9.17, 15) is 14.0 Å². The number of piperazine rings is 1. The van der Waals surface area contributed by atoms with Crippen LogP contribution in [0.15, 0.2) is 0 Å². The van der Waals surface area contributed by atoms with Gasteiger partial charge in [0.15, 0.2) is 0 Å². The molecule has 0 saturated carbocycles. The second-order valence-corrected chi connectivity index (χ2v) is 4.99. The first-order valence-corrected chi connectivity index (χ1v) is 5.50. The molecule has 0 aromatic rings. The monoisotopic (exact) mass is 230 g/mol. The second kappa shape index (κ2) is 4.39. The first kappa shape index (κ1) is 12.9. The van der Waals surface area contributed by atoms with Crippen LogP contribution in [-0.2, 0) is 9.59 Å². The van der Waals surface area contributed by atoms with E-state index in [-0.39, 0.29) is 24.3 Å². The Balaban J connectivity index is 3.02. The summed E-state index contributed by atoms with van der Waals surface area (Å²) in [7, 11) is 0. The van der Waals surface area contributed by atoms with Gasteiger partial charge in [0.05, 0.1) is 0 Å². The van der Waals surface area contributed by atoms with Crippen LogP contribution < -0.4 is 5.32 Å². The topological polar surface area (TPSA) is 49.4 Å². The number of amides is 2. The Kier molecular flexibility index (Phi) is 3.55. The Bertz CT molecular complexity index is 302. The van der Waals surface area contributed by atoms with E-state index in [0.717, 1.165) is 0 Å². The van der Waals surface area contributed by atoms with Crippen molar-refractivity contribution in [3.05, 3.63) is 0 Å². The lowest BCUT2D eigenvalue weighted by Crippen LogP contribution is -2.69. The number of rotatable bonds is 3. The molecular weight excluding hydrogens is 211 g/mol. The van der Waals surface area contributed by atoms with Crippen LogP contribution in [0.2, 0.25) is 0 Å². The fourth-order valence-electron chi connectivity index (χ4n) is 2.06. The van der Waals surface area contributed by atoms with Crippen molar-refractivity contribution >= 4 is 11.8 Å². The molecule has 0 aromatic carbocycles. The van der Waals surface area contributed by atoms with Crippen molar-refractivity contribution in [1.82, 2.24) is 10.2 Å². The maximum atomic E-state index is 12.4. The predicted molar refractivity (Wildman–Crippen MR) is 58.5 cm³/mol. The number of nitrogens with zero attached hydrogens (tertiary/aromatic N) is 1. The number of nitrogens with one attached hydrogen (secondary N) is 1. The quantitative estimate of drug-likeness (QED) is 0.776. The zero-order chi connectivity index (χ0) is 12.5. The molecule has 1 saturated heterocycles. The second-order valence-electron chi connectivity index (χ2n) is 4.99. The molecule has 1 N–H and O–H groups in total. The molecule has 0 aliphatic carbocycles. The standard InChI is InChI=1S/C11H19FN2O2/c1-7(2)8-9(15)13-11(3,4)10(16)14(8)6-5-12/h7-8H,5-6H2,1-4H3,(H,13,15). The maximum absolute atomic E-state index is 12.4. The molecule has 1 aliphatic heterocycles. The lowest BCUT2D eigenvalue weighted by atomic mass is 9.91. The van der Waals surface area contributed by atoms with E-state index in [4.69, 9.17) is 0 Å². The number of hydrogen-bond donors (Lipinski definition) is 1. The summed E-state index contributed by atoms with van der Waals surface area (Å²) in [5.74, 6) is -0.442. The summed E-state index contributed by atoms with van der Waals surface area (Å²) in [5.41, 5.74) is -0.933. The molecule has 1 aliphatic rings. The summed E-state index contributed by atoms with van der Waals surface area (Å²) in [6.45, 7) is 6.32. The molecule has 1 unspecified atom stereocenters. The number of alkyl halides is 1. The first-order chi connectivity index (χ1) is 7.31. The predicted octanol–water partition coefficient (Wildman–Crippen LogP) is 0.718. The molecule has 5 heteroatoms. The van der Waals surface area contributed by atoms with Crippen molar-refractivity contribution in [2.75, 3.05) is 13.2 Å². The minimum Gasteiger partial charge on any atom is -0.340 e. The van der Waals surface area contributed by atoms with Gasteiger partial charge in [-0.25, -0.2) is 4.39 Å². The van der Waals surface area contributed by atoms with Gasteiger partial charge in [0.1, 0.15) is 18.3 Å². The highest BCUT2D eigenvalue weighted by Gasteiger charge is 2.45. The van der Waals surface area contributed by atoms with Crippen molar-refractivity contribution in [2.45, 2.75) is 39.3 Å². The molecule has 1 fully saturated rings. The molecule has 1 heterocycles. The summed E-state index contributed by atoms with van der Waals surface area (Å²) >= 11 is 0. The average Bonchev–Trinajstić information content (AvgIpc) is 2.12. The van der Waals surface area contributed by atoms with Gasteiger partial charge < -0.3 is 10.2 Å². The van der Waals surface area contributed by atoms with E-state index in [1.807, 2.05) is 13.8 Å². The Hall–Kier alpha value is -1.13. The smallest absolute Gasteiger partial charge is 0.248 e. The van der Waals surface area contributed by atoms with Crippen molar-refractivity contribution in [3.63, 3.8) is 0 Å². The molecule has 0 radical (unpaired) electrons. The van der Waals surface area contributed by atoms with E-state index in [0.29, 0.717) is 0 Å². The summed E-state index contributed by atoms with van der Waals surface area (Å²) < 4.78 is 12.4. The van der Waals surface area contributed by atoms with Crippen molar-refractivity contribution < 1.29 is 14.0 Å². The third-order valence-corrected chi connectivity index (χ3v) is 2.79. The first-order valence-electron chi connectivity index (χ1n) is 5.50. The van der Waals surface area contributed by atoms with Gasteiger partial charge in [-0.15, -0.1) is 0 Å². The van der Waals surface area contributed by atoms with Crippen LogP contribution in [0, 0.1) is 5.92 Å². The van der Waals surface area contributed by atoms with Gasteiger partial charge in [-0.1, -0.05) is 13.8 Å². The fourth-order valence-corrected chi connectivity index (χ4v) is 2.06. The normalized spacial score (nSPS) is 24.9. The molecule has 1 atom stereocenters. The zero-order valence-corrected chi connectivity index (χ0v) is 10.2. The molecular formula is C11H19FN2O2. The molecule has 92 valence electrons. The van der Waals surface area contributed by atoms with E-state index in [1.165, 1.54) is 4.90 Å². The van der Waals surface area contributed by atoms with Gasteiger partial charge in [-0.05, 0) is 19.8 Å². The van der Waals surface area contributed by atoms with Gasteiger partial charge >= 0.3 is 0 Å². The van der Waals surface area contributed by atoms with Crippen molar-refractivity contribution in [3.8, 4) is 0 Å². The van der Waals surface area contributed by atoms with Gasteiger partial charge in [-0.3, -0.25) is 9.59 Å². The Labute approximate surface area is 95.2 Å². The third-order valence-electron chi connectivity index (χ3n) is 2.79. The van der Waals surface area contributed by atoms with Gasteiger partial charge in [0.25, 0.3) is 0 Å². The molecule has 0 bridgehead atoms. The van der Waals surface area contributed by atoms with E-state index in [2.05, 4.69) is 5.32 Å². The number of carbonyl (C=O) groups excluding carboxylic acids is 2. The SMILES string of the molecule is CC(C)C1C(=O)NC(C)(C)C(=O)N1CCF. The average molecular weight is 230 g/mol. The summed E-state index contributed by atoms with van der Waals surface area (Å²) in [6.07, 6.45) is 0. The van der Waals surface area contributed by atoms with Crippen LogP contribution in [0.5, 0.6) is 0 Å². The minimum atomic E-state index is -0.933. The largest absolute Gasteiger partial charge is 0.340 e. The molecule has 2 amide bonds. The van der Waals surface area contributed by atoms with E-state index < -0.39 is 18.3 Å². The minimum absolute atomic E-state index is 0.0153. The number of hydrogen-bond acceptors (Lipinski definition) is 2. The summed E-state index contributed by atoms with van der Waals surface area (Å²) in [5, 5.41) is 2.67. The molecule has 0 aromatic heterocycles. The molecule has 0 spiro atoms. The zero-order valence-electron chi connectivity index (χ0n) is 10.2. The van der Waals surface area contributed by atoms with Crippen LogP contribution in [0.25, 0.3) is 0 Å². The van der Waals surface area contributed by atoms with Crippen molar-refractivity contribution in [1.29, 1.82) is 0 Å². The highest BCUT2D eigenvalue weighted by atomic mass is 19.1. The van der Waals surface area contributed by atoms with Crippen LogP contribution >= 0.6 is 0 Å². The number of halogens is 1. The molecule has 1 rings (SSSR count). The lowest BCUT2D eigenvalue weighted by molar-refractivity contribution is -0.155. The van der Waals surface area contributed by atoms with Gasteiger partial charge in [-0.2, -0.15) is 0 Å². The Morgan fingerprint density at radius 1 is 1.44 bits per heavy atom. The van der Waals surface area contributed by atoms with Crippen molar-refractivity contribution in [2.24, 2.45) is 5.92 Å². The summed E-state index contributed by atoms with van der Waals surface area (Å²) in [6, 6.07) is -0.559. The van der Waals surface area contributed by atoms with Crippen LogP contribution in [0.1, 0.15) is 27.7 Å². The number of carbonyl (C=O) groups is 2. The van der Waals surface area contributed by atoms with Gasteiger partial charge in [0.2, 0.25) is 11.8 Å². The van der Waals surface area contributed by atoms with E-state index >= 15 is 0 Å². The fraction of sp³-hybridized carbons (Fsp3) is 0.818. The van der Waals surface area contributed by atoms with E-state index in [1.54, 1.807) is 13.8 Å². The van der Waals surface area contributed by atoms with Crippen LogP contribution in [-0.4, -0.2) is 41.5 Å². The summed E-state index contributed by atoms with van der Waals surface area (Å²) in [4.78, 5) is 25.2. The highest BCUT2D eigenvalue weighted by molar-refractivity contribution is 5.99. The van der Waals surface area contributed by atoms with Crippen LogP contribution in [0.3, 0.4) is 0 Å². The highest BCUT2D eigenvalue weighted by Crippen LogP contribution is 2.22. The van der Waals surface area contributed by atoms with Crippen LogP contribution in [0.4, 0.5) is 4.39 Å². The third kappa shape index (κ3) is 2.18. The lowest BCUT2D eigenvalue weighted by Gasteiger charge is -2.44. The van der Waals surface area contributed by atoms with Gasteiger partial charge in [0, 0.05) is 6.54 Å². The Morgan fingerprint density at radius 2 is 2.00 bits per heavy atom. The maximum Gasteiger partial charge on any atom is 0.248 e. The molecule has 16 heavy (non-hydrogen) atoms. The Morgan fingerprint density at radius 3 is 2.44 bits per heavy atom.